The van der Waals surface area contributed by atoms with Gasteiger partial charge in [-0.25, -0.2) is 4.79 Å². The molecule has 0 fully saturated rings. The lowest BCUT2D eigenvalue weighted by Crippen LogP contribution is -2.37. The van der Waals surface area contributed by atoms with E-state index in [1.165, 1.54) is 12.1 Å². The maximum Gasteiger partial charge on any atom is 0.335 e. The Morgan fingerprint density at radius 1 is 1.38 bits per heavy atom. The Labute approximate surface area is 93.3 Å². The molecule has 0 aliphatic carbocycles. The first kappa shape index (κ1) is 12.2. The maximum absolute atomic E-state index is 11.2. The van der Waals surface area contributed by atoms with Crippen LogP contribution in [0.1, 0.15) is 22.8 Å². The van der Waals surface area contributed by atoms with Crippen molar-refractivity contribution in [1.82, 2.24) is 5.32 Å². The Bertz CT molecular complexity index is 385. The van der Waals surface area contributed by atoms with Crippen LogP contribution in [0.15, 0.2) is 24.3 Å². The van der Waals surface area contributed by atoms with Crippen molar-refractivity contribution in [2.24, 2.45) is 5.73 Å². The second-order valence-electron chi connectivity index (χ2n) is 3.51. The van der Waals surface area contributed by atoms with Crippen LogP contribution in [0.2, 0.25) is 0 Å². The van der Waals surface area contributed by atoms with Gasteiger partial charge < -0.3 is 16.2 Å². The molecule has 0 bridgehead atoms. The molecule has 0 saturated carbocycles. The predicted octanol–water partition coefficient (Wildman–Crippen LogP) is 0.348. The van der Waals surface area contributed by atoms with Gasteiger partial charge in [0.1, 0.15) is 0 Å². The van der Waals surface area contributed by atoms with Crippen LogP contribution in [0, 0.1) is 0 Å². The molecule has 0 aliphatic heterocycles. The maximum atomic E-state index is 11.2. The number of carbonyl (C=O) groups excluding carboxylic acids is 1. The molecular formula is C11H14N2O3. The third-order valence-electron chi connectivity index (χ3n) is 2.08. The van der Waals surface area contributed by atoms with Crippen molar-refractivity contribution >= 4 is 11.9 Å². The molecule has 0 heterocycles. The van der Waals surface area contributed by atoms with Crippen molar-refractivity contribution in [2.75, 3.05) is 0 Å². The fourth-order valence-corrected chi connectivity index (χ4v) is 1.12. The van der Waals surface area contributed by atoms with E-state index in [4.69, 9.17) is 10.8 Å². The summed E-state index contributed by atoms with van der Waals surface area (Å²) in [5.74, 6) is -1.20. The number of carbonyl (C=O) groups is 2. The van der Waals surface area contributed by atoms with Gasteiger partial charge in [-0.2, -0.15) is 0 Å². The van der Waals surface area contributed by atoms with Crippen LogP contribution in [0.4, 0.5) is 0 Å². The largest absolute Gasteiger partial charge is 0.478 e. The monoisotopic (exact) mass is 222 g/mol. The Hall–Kier alpha value is -1.88. The van der Waals surface area contributed by atoms with E-state index in [-0.39, 0.29) is 11.5 Å². The van der Waals surface area contributed by atoms with Crippen molar-refractivity contribution in [3.8, 4) is 0 Å². The normalized spacial score (nSPS) is 11.9. The van der Waals surface area contributed by atoms with Gasteiger partial charge in [-0.05, 0) is 24.6 Å². The number of amides is 1. The number of hydrogen-bond donors (Lipinski definition) is 3. The summed E-state index contributed by atoms with van der Waals surface area (Å²) in [6.45, 7) is 1.95. The number of benzene rings is 1. The van der Waals surface area contributed by atoms with Gasteiger partial charge >= 0.3 is 5.97 Å². The van der Waals surface area contributed by atoms with Crippen LogP contribution in [0.25, 0.3) is 0 Å². The summed E-state index contributed by atoms with van der Waals surface area (Å²) in [7, 11) is 0. The number of carboxylic acid groups (broad SMARTS) is 1. The van der Waals surface area contributed by atoms with E-state index in [0.717, 1.165) is 5.56 Å². The quantitative estimate of drug-likeness (QED) is 0.685. The molecule has 0 spiro atoms. The second kappa shape index (κ2) is 5.27. The van der Waals surface area contributed by atoms with Gasteiger partial charge in [-0.15, -0.1) is 0 Å². The van der Waals surface area contributed by atoms with Crippen LogP contribution < -0.4 is 11.1 Å². The van der Waals surface area contributed by atoms with E-state index in [2.05, 4.69) is 5.32 Å². The number of rotatable bonds is 4. The molecule has 4 N–H and O–H groups in total. The summed E-state index contributed by atoms with van der Waals surface area (Å²) in [4.78, 5) is 21.7. The third kappa shape index (κ3) is 3.36. The Kier molecular flexibility index (Phi) is 4.02. The average Bonchev–Trinajstić information content (AvgIpc) is 2.26. The van der Waals surface area contributed by atoms with E-state index >= 15 is 0 Å². The standard InChI is InChI=1S/C11H14N2O3/c1-7(12)10(14)13-6-8-2-4-9(5-3-8)11(15)16/h2-5,7H,6,12H2,1H3,(H,13,14)(H,15,16)/t7-/m0/s1. The van der Waals surface area contributed by atoms with Crippen LogP contribution >= 0.6 is 0 Å². The summed E-state index contributed by atoms with van der Waals surface area (Å²) < 4.78 is 0. The molecule has 1 aromatic carbocycles. The number of carboxylic acids is 1. The third-order valence-corrected chi connectivity index (χ3v) is 2.08. The van der Waals surface area contributed by atoms with E-state index in [0.29, 0.717) is 6.54 Å². The molecule has 1 atom stereocenters. The number of nitrogens with one attached hydrogen (secondary N) is 1. The first-order valence-corrected chi connectivity index (χ1v) is 4.86. The lowest BCUT2D eigenvalue weighted by molar-refractivity contribution is -0.122. The van der Waals surface area contributed by atoms with E-state index < -0.39 is 12.0 Å². The SMILES string of the molecule is C[C@H](N)C(=O)NCc1ccc(C(=O)O)cc1. The van der Waals surface area contributed by atoms with Crippen molar-refractivity contribution in [2.45, 2.75) is 19.5 Å². The molecule has 86 valence electrons. The molecule has 0 aliphatic rings. The second-order valence-corrected chi connectivity index (χ2v) is 3.51. The van der Waals surface area contributed by atoms with Crippen LogP contribution in [-0.2, 0) is 11.3 Å². The summed E-state index contributed by atoms with van der Waals surface area (Å²) in [5.41, 5.74) is 6.43. The van der Waals surface area contributed by atoms with Crippen LogP contribution in [0.3, 0.4) is 0 Å². The molecule has 0 saturated heterocycles. The van der Waals surface area contributed by atoms with Crippen molar-refractivity contribution in [3.63, 3.8) is 0 Å². The fraction of sp³-hybridized carbons (Fsp3) is 0.273. The van der Waals surface area contributed by atoms with Gasteiger partial charge in [0.25, 0.3) is 0 Å². The van der Waals surface area contributed by atoms with Gasteiger partial charge in [-0.3, -0.25) is 4.79 Å². The summed E-state index contributed by atoms with van der Waals surface area (Å²) in [6.07, 6.45) is 0. The van der Waals surface area contributed by atoms with Crippen molar-refractivity contribution in [1.29, 1.82) is 0 Å². The fourth-order valence-electron chi connectivity index (χ4n) is 1.12. The molecule has 1 aromatic rings. The first-order chi connectivity index (χ1) is 7.50. The minimum Gasteiger partial charge on any atom is -0.478 e. The van der Waals surface area contributed by atoms with E-state index in [1.54, 1.807) is 19.1 Å². The lowest BCUT2D eigenvalue weighted by atomic mass is 10.1. The van der Waals surface area contributed by atoms with Crippen molar-refractivity contribution in [3.05, 3.63) is 35.4 Å². The van der Waals surface area contributed by atoms with E-state index in [9.17, 15) is 9.59 Å². The highest BCUT2D eigenvalue weighted by atomic mass is 16.4. The highest BCUT2D eigenvalue weighted by Crippen LogP contribution is 2.04. The zero-order valence-corrected chi connectivity index (χ0v) is 8.93. The first-order valence-electron chi connectivity index (χ1n) is 4.86. The molecule has 1 amide bonds. The Morgan fingerprint density at radius 3 is 2.38 bits per heavy atom. The van der Waals surface area contributed by atoms with Gasteiger partial charge in [-0.1, -0.05) is 12.1 Å². The predicted molar refractivity (Wildman–Crippen MR) is 58.9 cm³/mol. The molecule has 1 rings (SSSR count). The van der Waals surface area contributed by atoms with Crippen molar-refractivity contribution < 1.29 is 14.7 Å². The van der Waals surface area contributed by atoms with Gasteiger partial charge in [0.15, 0.2) is 0 Å². The van der Waals surface area contributed by atoms with E-state index in [1.807, 2.05) is 0 Å². The zero-order valence-electron chi connectivity index (χ0n) is 8.93. The van der Waals surface area contributed by atoms with Gasteiger partial charge in [0.2, 0.25) is 5.91 Å². The Balaban J connectivity index is 2.56. The summed E-state index contributed by atoms with van der Waals surface area (Å²) >= 11 is 0. The van der Waals surface area contributed by atoms with Gasteiger partial charge in [0.05, 0.1) is 11.6 Å². The zero-order chi connectivity index (χ0) is 12.1. The topological polar surface area (TPSA) is 92.4 Å². The average molecular weight is 222 g/mol. The molecule has 5 nitrogen and oxygen atoms in total. The minimum atomic E-state index is -0.967. The minimum absolute atomic E-state index is 0.224. The number of nitrogens with two attached hydrogens (primary N) is 1. The summed E-state index contributed by atoms with van der Waals surface area (Å²) in [6, 6.07) is 5.76. The summed E-state index contributed by atoms with van der Waals surface area (Å²) in [5, 5.41) is 11.3. The smallest absolute Gasteiger partial charge is 0.335 e. The molecule has 0 aromatic heterocycles. The Morgan fingerprint density at radius 2 is 1.94 bits per heavy atom. The van der Waals surface area contributed by atoms with Crippen LogP contribution in [0.5, 0.6) is 0 Å². The van der Waals surface area contributed by atoms with Gasteiger partial charge in [0, 0.05) is 6.54 Å². The van der Waals surface area contributed by atoms with Crippen LogP contribution in [-0.4, -0.2) is 23.0 Å². The molecule has 0 radical (unpaired) electrons. The molecule has 0 unspecified atom stereocenters. The molecule has 16 heavy (non-hydrogen) atoms. The number of aromatic carboxylic acids is 1. The lowest BCUT2D eigenvalue weighted by Gasteiger charge is -2.07. The highest BCUT2D eigenvalue weighted by molar-refractivity contribution is 5.87. The number of hydrogen-bond acceptors (Lipinski definition) is 3. The highest BCUT2D eigenvalue weighted by Gasteiger charge is 2.06. The molecule has 5 heteroatoms. The molecular weight excluding hydrogens is 208 g/mol.